The third-order valence-electron chi connectivity index (χ3n) is 2.89. The van der Waals surface area contributed by atoms with E-state index in [-0.39, 0.29) is 0 Å². The van der Waals surface area contributed by atoms with E-state index in [0.29, 0.717) is 12.5 Å². The summed E-state index contributed by atoms with van der Waals surface area (Å²) in [6.45, 7) is 2.18. The van der Waals surface area contributed by atoms with Crippen LogP contribution in [-0.4, -0.2) is 11.8 Å². The first-order valence-corrected chi connectivity index (χ1v) is 6.72. The highest BCUT2D eigenvalue weighted by atomic mass is 32.2. The fourth-order valence-corrected chi connectivity index (χ4v) is 3.13. The van der Waals surface area contributed by atoms with E-state index in [0.717, 1.165) is 18.6 Å². The molecule has 1 heterocycles. The minimum Gasteiger partial charge on any atom is -0.380 e. The summed E-state index contributed by atoms with van der Waals surface area (Å²) in [6.07, 6.45) is 2.64. The van der Waals surface area contributed by atoms with E-state index in [9.17, 15) is 0 Å². The molecule has 2 nitrogen and oxygen atoms in total. The summed E-state index contributed by atoms with van der Waals surface area (Å²) in [5.74, 6) is 1.07. The van der Waals surface area contributed by atoms with Crippen molar-refractivity contribution in [2.45, 2.75) is 37.1 Å². The number of hydrogen-bond acceptors (Lipinski definition) is 3. The molecule has 2 rings (SSSR count). The maximum Gasteiger partial charge on any atom is 0.0622 e. The Morgan fingerprint density at radius 3 is 3.19 bits per heavy atom. The van der Waals surface area contributed by atoms with Gasteiger partial charge in [0.25, 0.3) is 0 Å². The summed E-state index contributed by atoms with van der Waals surface area (Å²) in [5.41, 5.74) is 2.68. The Morgan fingerprint density at radius 2 is 2.44 bits per heavy atom. The molecular weight excluding hydrogens is 216 g/mol. The van der Waals surface area contributed by atoms with Crippen LogP contribution in [0.1, 0.15) is 25.3 Å². The molecule has 0 radical (unpaired) electrons. The lowest BCUT2D eigenvalue weighted by molar-refractivity contribution is 0.722. The number of nitrogens with one attached hydrogen (secondary N) is 1. The van der Waals surface area contributed by atoms with Gasteiger partial charge in [-0.2, -0.15) is 5.26 Å². The highest BCUT2D eigenvalue weighted by Crippen LogP contribution is 2.36. The largest absolute Gasteiger partial charge is 0.380 e. The number of para-hydroxylation sites is 1. The van der Waals surface area contributed by atoms with E-state index < -0.39 is 0 Å². The number of nitriles is 1. The Hall–Kier alpha value is -1.14. The molecule has 0 saturated heterocycles. The lowest BCUT2D eigenvalue weighted by Crippen LogP contribution is -2.26. The quantitative estimate of drug-likeness (QED) is 0.867. The van der Waals surface area contributed by atoms with Gasteiger partial charge in [0.1, 0.15) is 0 Å². The fourth-order valence-electron chi connectivity index (χ4n) is 1.99. The number of fused-ring (bicyclic) bond motifs is 1. The average molecular weight is 232 g/mol. The molecule has 3 heteroatoms. The standard InChI is InChI=1S/C13H16N2S/c1-2-10-5-3-7-12-13(10)15-11(9-16-12)6-4-8-14/h3,5,7,11,15H,2,4,6,9H2,1H3. The second-order valence-electron chi connectivity index (χ2n) is 3.99. The van der Waals surface area contributed by atoms with Crippen LogP contribution in [0.2, 0.25) is 0 Å². The lowest BCUT2D eigenvalue weighted by atomic mass is 10.1. The summed E-state index contributed by atoms with van der Waals surface area (Å²) in [6, 6.07) is 9.15. The molecule has 1 aliphatic rings. The van der Waals surface area contributed by atoms with Gasteiger partial charge in [0.15, 0.2) is 0 Å². The second kappa shape index (κ2) is 5.27. The Bertz CT molecular complexity index is 395. The van der Waals surface area contributed by atoms with Crippen LogP contribution in [0.4, 0.5) is 5.69 Å². The molecule has 16 heavy (non-hydrogen) atoms. The molecule has 0 amide bonds. The molecule has 0 aliphatic carbocycles. The monoisotopic (exact) mass is 232 g/mol. The summed E-state index contributed by atoms with van der Waals surface area (Å²) >= 11 is 1.90. The zero-order valence-corrected chi connectivity index (χ0v) is 10.3. The normalized spacial score (nSPS) is 18.4. The van der Waals surface area contributed by atoms with Gasteiger partial charge in [-0.15, -0.1) is 11.8 Å². The van der Waals surface area contributed by atoms with Crippen molar-refractivity contribution < 1.29 is 0 Å². The molecule has 0 bridgehead atoms. The first-order valence-electron chi connectivity index (χ1n) is 5.73. The molecule has 0 saturated carbocycles. The fraction of sp³-hybridized carbons (Fsp3) is 0.462. The minimum atomic E-state index is 0.449. The zero-order valence-electron chi connectivity index (χ0n) is 9.49. The van der Waals surface area contributed by atoms with Crippen LogP contribution in [0, 0.1) is 11.3 Å². The van der Waals surface area contributed by atoms with Crippen LogP contribution in [-0.2, 0) is 6.42 Å². The maximum absolute atomic E-state index is 8.61. The van der Waals surface area contributed by atoms with Gasteiger partial charge in [0.2, 0.25) is 0 Å². The molecule has 1 unspecified atom stereocenters. The van der Waals surface area contributed by atoms with Crippen LogP contribution in [0.3, 0.4) is 0 Å². The Labute approximate surface area is 101 Å². The number of thioether (sulfide) groups is 1. The van der Waals surface area contributed by atoms with Crippen LogP contribution in [0.5, 0.6) is 0 Å². The van der Waals surface area contributed by atoms with Crippen molar-refractivity contribution >= 4 is 17.4 Å². The van der Waals surface area contributed by atoms with Crippen molar-refractivity contribution in [3.8, 4) is 6.07 Å². The van der Waals surface area contributed by atoms with Gasteiger partial charge in [-0.3, -0.25) is 0 Å². The Kier molecular flexibility index (Phi) is 3.74. The summed E-state index contributed by atoms with van der Waals surface area (Å²) in [5, 5.41) is 12.2. The van der Waals surface area contributed by atoms with E-state index in [4.69, 9.17) is 5.26 Å². The highest BCUT2D eigenvalue weighted by Gasteiger charge is 2.19. The number of hydrogen-bond donors (Lipinski definition) is 1. The van der Waals surface area contributed by atoms with Crippen LogP contribution >= 0.6 is 11.8 Å². The predicted octanol–water partition coefficient (Wildman–Crippen LogP) is 3.44. The topological polar surface area (TPSA) is 35.8 Å². The summed E-state index contributed by atoms with van der Waals surface area (Å²) < 4.78 is 0. The molecule has 1 aromatic rings. The molecule has 1 N–H and O–H groups in total. The third-order valence-corrected chi connectivity index (χ3v) is 4.11. The maximum atomic E-state index is 8.61. The van der Waals surface area contributed by atoms with Crippen LogP contribution < -0.4 is 5.32 Å². The van der Waals surface area contributed by atoms with Gasteiger partial charge in [-0.25, -0.2) is 0 Å². The molecule has 1 aliphatic heterocycles. The smallest absolute Gasteiger partial charge is 0.0622 e. The van der Waals surface area contributed by atoms with Crippen molar-refractivity contribution in [2.75, 3.05) is 11.1 Å². The average Bonchev–Trinajstić information content (AvgIpc) is 2.35. The van der Waals surface area contributed by atoms with Gasteiger partial charge in [-0.05, 0) is 24.5 Å². The van der Waals surface area contributed by atoms with E-state index in [1.54, 1.807) is 0 Å². The number of rotatable bonds is 3. The Morgan fingerprint density at radius 1 is 1.56 bits per heavy atom. The molecular formula is C13H16N2S. The SMILES string of the molecule is CCc1cccc2c1NC(CCC#N)CS2. The lowest BCUT2D eigenvalue weighted by Gasteiger charge is -2.27. The number of nitrogens with zero attached hydrogens (tertiary/aromatic N) is 1. The van der Waals surface area contributed by atoms with Crippen molar-refractivity contribution in [3.05, 3.63) is 23.8 Å². The van der Waals surface area contributed by atoms with E-state index >= 15 is 0 Å². The molecule has 0 spiro atoms. The number of anilines is 1. The van der Waals surface area contributed by atoms with Gasteiger partial charge in [0, 0.05) is 23.1 Å². The number of aryl methyl sites for hydroxylation is 1. The van der Waals surface area contributed by atoms with Crippen LogP contribution in [0.15, 0.2) is 23.1 Å². The highest BCUT2D eigenvalue weighted by molar-refractivity contribution is 7.99. The third kappa shape index (κ3) is 2.33. The first kappa shape index (κ1) is 11.3. The molecule has 1 atom stereocenters. The van der Waals surface area contributed by atoms with Crippen LogP contribution in [0.25, 0.3) is 0 Å². The molecule has 1 aromatic carbocycles. The molecule has 0 aromatic heterocycles. The van der Waals surface area contributed by atoms with Gasteiger partial charge in [0.05, 0.1) is 11.8 Å². The molecule has 0 fully saturated rings. The van der Waals surface area contributed by atoms with Crippen molar-refractivity contribution in [1.29, 1.82) is 5.26 Å². The number of benzene rings is 1. The molecule has 84 valence electrons. The van der Waals surface area contributed by atoms with E-state index in [1.807, 2.05) is 11.8 Å². The first-order chi connectivity index (χ1) is 7.85. The van der Waals surface area contributed by atoms with Gasteiger partial charge >= 0.3 is 0 Å². The predicted molar refractivity (Wildman–Crippen MR) is 68.8 cm³/mol. The van der Waals surface area contributed by atoms with Crippen molar-refractivity contribution in [2.24, 2.45) is 0 Å². The van der Waals surface area contributed by atoms with Crippen molar-refractivity contribution in [1.82, 2.24) is 0 Å². The van der Waals surface area contributed by atoms with Gasteiger partial charge < -0.3 is 5.32 Å². The van der Waals surface area contributed by atoms with E-state index in [1.165, 1.54) is 16.1 Å². The van der Waals surface area contributed by atoms with Gasteiger partial charge in [-0.1, -0.05) is 19.1 Å². The van der Waals surface area contributed by atoms with E-state index in [2.05, 4.69) is 36.5 Å². The minimum absolute atomic E-state index is 0.449. The Balaban J connectivity index is 2.15. The zero-order chi connectivity index (χ0) is 11.4. The summed E-state index contributed by atoms with van der Waals surface area (Å²) in [4.78, 5) is 1.35. The van der Waals surface area contributed by atoms with Crippen molar-refractivity contribution in [3.63, 3.8) is 0 Å². The second-order valence-corrected chi connectivity index (χ2v) is 5.05. The summed E-state index contributed by atoms with van der Waals surface area (Å²) in [7, 11) is 0.